The molecule has 0 spiro atoms. The number of halogens is 2. The molecular weight excluding hydrogens is 354 g/mol. The summed E-state index contributed by atoms with van der Waals surface area (Å²) in [5.74, 6) is 0.249. The molecule has 0 bridgehead atoms. The second kappa shape index (κ2) is 6.54. The maximum Gasteiger partial charge on any atom is 0.240 e. The molecule has 0 saturated carbocycles. The predicted molar refractivity (Wildman–Crippen MR) is 77.9 cm³/mol. The van der Waals surface area contributed by atoms with Gasteiger partial charge in [-0.1, -0.05) is 11.6 Å². The van der Waals surface area contributed by atoms with Gasteiger partial charge in [0.2, 0.25) is 10.0 Å². The monoisotopic (exact) mass is 367 g/mol. The number of benzene rings is 1. The highest BCUT2D eigenvalue weighted by atomic mass is 79.9. The minimum atomic E-state index is -3.49. The van der Waals surface area contributed by atoms with Gasteiger partial charge in [0.1, 0.15) is 0 Å². The van der Waals surface area contributed by atoms with E-state index in [1.807, 2.05) is 0 Å². The fraction of sp³-hybridized carbons (Fsp3) is 0.500. The molecule has 1 aliphatic rings. The number of hydrogen-bond donors (Lipinski definition) is 1. The number of rotatable bonds is 4. The van der Waals surface area contributed by atoms with Gasteiger partial charge in [-0.15, -0.1) is 0 Å². The molecular formula is C12H15BrClNO3S. The van der Waals surface area contributed by atoms with E-state index < -0.39 is 10.0 Å². The fourth-order valence-electron chi connectivity index (χ4n) is 1.92. The Bertz CT molecular complexity index is 544. The maximum absolute atomic E-state index is 12.1. The van der Waals surface area contributed by atoms with Crippen molar-refractivity contribution in [3.8, 4) is 0 Å². The zero-order chi connectivity index (χ0) is 13.9. The largest absolute Gasteiger partial charge is 0.381 e. The van der Waals surface area contributed by atoms with Crippen molar-refractivity contribution in [2.45, 2.75) is 17.7 Å². The second-order valence-corrected chi connectivity index (χ2v) is 7.54. The van der Waals surface area contributed by atoms with Gasteiger partial charge in [-0.2, -0.15) is 0 Å². The van der Waals surface area contributed by atoms with Crippen LogP contribution in [0, 0.1) is 5.92 Å². The summed E-state index contributed by atoms with van der Waals surface area (Å²) in [6, 6.07) is 4.55. The molecule has 1 fully saturated rings. The Labute approximate surface area is 126 Å². The van der Waals surface area contributed by atoms with Crippen LogP contribution in [0.25, 0.3) is 0 Å². The summed E-state index contributed by atoms with van der Waals surface area (Å²) in [5, 5.41) is 0.486. The Morgan fingerprint density at radius 1 is 1.47 bits per heavy atom. The fourth-order valence-corrected chi connectivity index (χ4v) is 3.71. The van der Waals surface area contributed by atoms with Crippen LogP contribution in [0.2, 0.25) is 5.02 Å². The Morgan fingerprint density at radius 2 is 2.26 bits per heavy atom. The lowest BCUT2D eigenvalue weighted by molar-refractivity contribution is 0.0568. The number of hydrogen-bond acceptors (Lipinski definition) is 3. The quantitative estimate of drug-likeness (QED) is 0.889. The molecule has 0 aliphatic carbocycles. The Balaban J connectivity index is 2.02. The molecule has 1 atom stereocenters. The second-order valence-electron chi connectivity index (χ2n) is 4.51. The van der Waals surface area contributed by atoms with E-state index in [1.165, 1.54) is 12.1 Å². The molecule has 1 unspecified atom stereocenters. The third-order valence-electron chi connectivity index (χ3n) is 3.02. The zero-order valence-electron chi connectivity index (χ0n) is 10.2. The Kier molecular flexibility index (Phi) is 5.25. The van der Waals surface area contributed by atoms with Crippen molar-refractivity contribution in [3.05, 3.63) is 27.7 Å². The van der Waals surface area contributed by atoms with Crippen LogP contribution in [0.3, 0.4) is 0 Å². The highest BCUT2D eigenvalue weighted by molar-refractivity contribution is 9.10. The highest BCUT2D eigenvalue weighted by Crippen LogP contribution is 2.25. The molecule has 106 valence electrons. The number of sulfonamides is 1. The molecule has 1 N–H and O–H groups in total. The maximum atomic E-state index is 12.1. The van der Waals surface area contributed by atoms with Gasteiger partial charge in [0.25, 0.3) is 0 Å². The molecule has 1 aromatic rings. The lowest BCUT2D eigenvalue weighted by atomic mass is 10.0. The van der Waals surface area contributed by atoms with Crippen LogP contribution in [0.5, 0.6) is 0 Å². The van der Waals surface area contributed by atoms with E-state index in [0.29, 0.717) is 22.6 Å². The Morgan fingerprint density at radius 3 is 2.89 bits per heavy atom. The van der Waals surface area contributed by atoms with Crippen molar-refractivity contribution in [2.24, 2.45) is 5.92 Å². The van der Waals surface area contributed by atoms with Crippen LogP contribution >= 0.6 is 27.5 Å². The lowest BCUT2D eigenvalue weighted by Gasteiger charge is -2.22. The molecule has 0 amide bonds. The number of nitrogens with one attached hydrogen (secondary N) is 1. The van der Waals surface area contributed by atoms with Crippen LogP contribution in [0.15, 0.2) is 27.6 Å². The molecule has 0 radical (unpaired) electrons. The van der Waals surface area contributed by atoms with Crippen LogP contribution < -0.4 is 4.72 Å². The van der Waals surface area contributed by atoms with Crippen LogP contribution in [0.4, 0.5) is 0 Å². The summed E-state index contributed by atoms with van der Waals surface area (Å²) in [7, 11) is -3.49. The SMILES string of the molecule is O=S(=O)(NCC1CCCOC1)c1ccc(Cl)c(Br)c1. The standard InChI is InChI=1S/C12H15BrClNO3S/c13-11-6-10(3-4-12(11)14)19(16,17)15-7-9-2-1-5-18-8-9/h3-4,6,9,15H,1-2,5,7-8H2. The first kappa shape index (κ1) is 15.3. The van der Waals surface area contributed by atoms with Crippen molar-refractivity contribution in [2.75, 3.05) is 19.8 Å². The summed E-state index contributed by atoms with van der Waals surface area (Å²) in [4.78, 5) is 0.209. The average Bonchev–Trinajstić information content (AvgIpc) is 2.41. The smallest absolute Gasteiger partial charge is 0.240 e. The summed E-state index contributed by atoms with van der Waals surface area (Å²) in [5.41, 5.74) is 0. The van der Waals surface area contributed by atoms with Crippen LogP contribution in [-0.4, -0.2) is 28.2 Å². The van der Waals surface area contributed by atoms with Crippen molar-refractivity contribution >= 4 is 37.6 Å². The van der Waals surface area contributed by atoms with E-state index >= 15 is 0 Å². The zero-order valence-corrected chi connectivity index (χ0v) is 13.4. The van der Waals surface area contributed by atoms with Crippen LogP contribution in [-0.2, 0) is 14.8 Å². The lowest BCUT2D eigenvalue weighted by Crippen LogP contribution is -2.33. The summed E-state index contributed by atoms with van der Waals surface area (Å²) >= 11 is 9.07. The van der Waals surface area contributed by atoms with Gasteiger partial charge in [-0.05, 0) is 52.9 Å². The van der Waals surface area contributed by atoms with Gasteiger partial charge in [0.05, 0.1) is 16.5 Å². The van der Waals surface area contributed by atoms with E-state index in [9.17, 15) is 8.42 Å². The molecule has 19 heavy (non-hydrogen) atoms. The van der Waals surface area contributed by atoms with Gasteiger partial charge in [-0.3, -0.25) is 0 Å². The average molecular weight is 369 g/mol. The summed E-state index contributed by atoms with van der Waals surface area (Å²) in [6.45, 7) is 1.79. The van der Waals surface area contributed by atoms with Crippen molar-refractivity contribution in [1.29, 1.82) is 0 Å². The summed E-state index contributed by atoms with van der Waals surface area (Å²) in [6.07, 6.45) is 1.98. The summed E-state index contributed by atoms with van der Waals surface area (Å²) < 4.78 is 32.8. The van der Waals surface area contributed by atoms with Gasteiger partial charge >= 0.3 is 0 Å². The van der Waals surface area contributed by atoms with Gasteiger partial charge in [0.15, 0.2) is 0 Å². The highest BCUT2D eigenvalue weighted by Gasteiger charge is 2.19. The van der Waals surface area contributed by atoms with E-state index in [0.717, 1.165) is 19.4 Å². The normalized spacial score (nSPS) is 20.4. The molecule has 7 heteroatoms. The third kappa shape index (κ3) is 4.16. The van der Waals surface area contributed by atoms with Crippen molar-refractivity contribution in [3.63, 3.8) is 0 Å². The first-order valence-corrected chi connectivity index (χ1v) is 8.67. The minimum Gasteiger partial charge on any atom is -0.381 e. The van der Waals surface area contributed by atoms with E-state index in [-0.39, 0.29) is 10.8 Å². The van der Waals surface area contributed by atoms with Gasteiger partial charge < -0.3 is 4.74 Å². The van der Waals surface area contributed by atoms with Crippen molar-refractivity contribution < 1.29 is 13.2 Å². The molecule has 1 saturated heterocycles. The van der Waals surface area contributed by atoms with E-state index in [2.05, 4.69) is 20.7 Å². The minimum absolute atomic E-state index is 0.209. The molecule has 1 heterocycles. The number of ether oxygens (including phenoxy) is 1. The first-order chi connectivity index (χ1) is 8.99. The third-order valence-corrected chi connectivity index (χ3v) is 5.65. The molecule has 4 nitrogen and oxygen atoms in total. The van der Waals surface area contributed by atoms with Crippen LogP contribution in [0.1, 0.15) is 12.8 Å². The Hall–Kier alpha value is -0.140. The molecule has 1 aromatic carbocycles. The van der Waals surface area contributed by atoms with Gasteiger partial charge in [0, 0.05) is 17.6 Å². The predicted octanol–water partition coefficient (Wildman–Crippen LogP) is 2.81. The molecule has 1 aliphatic heterocycles. The van der Waals surface area contributed by atoms with Crippen molar-refractivity contribution in [1.82, 2.24) is 4.72 Å². The van der Waals surface area contributed by atoms with E-state index in [4.69, 9.17) is 16.3 Å². The topological polar surface area (TPSA) is 55.4 Å². The molecule has 2 rings (SSSR count). The van der Waals surface area contributed by atoms with Gasteiger partial charge in [-0.25, -0.2) is 13.1 Å². The first-order valence-electron chi connectivity index (χ1n) is 6.01. The van der Waals surface area contributed by atoms with E-state index in [1.54, 1.807) is 6.07 Å². The molecule has 0 aromatic heterocycles.